The van der Waals surface area contributed by atoms with Crippen molar-refractivity contribution in [2.45, 2.75) is 50.2 Å². The number of rotatable bonds is 6. The normalized spacial score (nSPS) is 21.1. The zero-order valence-electron chi connectivity index (χ0n) is 20.0. The largest absolute Gasteiger partial charge is 0.433 e. The summed E-state index contributed by atoms with van der Waals surface area (Å²) < 4.78 is 82.7. The molecule has 37 heavy (non-hydrogen) atoms. The van der Waals surface area contributed by atoms with Gasteiger partial charge in [0.2, 0.25) is 5.91 Å². The van der Waals surface area contributed by atoms with Gasteiger partial charge in [-0.05, 0) is 62.1 Å². The average molecular weight is 531 g/mol. The first-order valence-corrected chi connectivity index (χ1v) is 12.1. The van der Waals surface area contributed by atoms with E-state index in [9.17, 15) is 31.1 Å². The predicted octanol–water partition coefficient (Wildman–Crippen LogP) is 5.21. The molecule has 2 fully saturated rings. The molecule has 0 atom stereocenters. The highest BCUT2D eigenvalue weighted by molar-refractivity contribution is 5.77. The number of alkyl halides is 6. The number of piperazine rings is 1. The van der Waals surface area contributed by atoms with Crippen LogP contribution in [-0.2, 0) is 21.9 Å². The van der Waals surface area contributed by atoms with Crippen LogP contribution >= 0.6 is 0 Å². The van der Waals surface area contributed by atoms with Crippen molar-refractivity contribution in [2.75, 3.05) is 43.0 Å². The minimum absolute atomic E-state index is 0.0114. The van der Waals surface area contributed by atoms with Crippen molar-refractivity contribution in [2.24, 2.45) is 0 Å². The Labute approximate surface area is 210 Å². The number of carbonyl (C=O) groups is 1. The number of hydrogen-bond acceptors (Lipinski definition) is 5. The van der Waals surface area contributed by atoms with Gasteiger partial charge >= 0.3 is 12.4 Å². The molecule has 1 aromatic heterocycles. The summed E-state index contributed by atoms with van der Waals surface area (Å²) in [5, 5.41) is 3.13. The van der Waals surface area contributed by atoms with Crippen molar-refractivity contribution in [1.82, 2.24) is 9.88 Å². The summed E-state index contributed by atoms with van der Waals surface area (Å²) in [6, 6.07) is 7.52. The molecule has 2 heterocycles. The van der Waals surface area contributed by atoms with Crippen LogP contribution in [-0.4, -0.2) is 60.7 Å². The number of benzene rings is 1. The molecular weight excluding hydrogens is 502 g/mol. The second-order valence-electron chi connectivity index (χ2n) is 9.27. The fourth-order valence-corrected chi connectivity index (χ4v) is 4.64. The molecule has 0 spiro atoms. The third kappa shape index (κ3) is 7.27. The lowest BCUT2D eigenvalue weighted by Gasteiger charge is -2.36. The maximum absolute atomic E-state index is 12.9. The zero-order chi connectivity index (χ0) is 26.6. The summed E-state index contributed by atoms with van der Waals surface area (Å²) in [6.07, 6.45) is -5.06. The monoisotopic (exact) mass is 530 g/mol. The van der Waals surface area contributed by atoms with Crippen molar-refractivity contribution in [1.29, 1.82) is 0 Å². The lowest BCUT2D eigenvalue weighted by molar-refractivity contribution is -0.141. The van der Waals surface area contributed by atoms with E-state index in [2.05, 4.69) is 10.3 Å². The number of aromatic nitrogens is 1. The third-order valence-electron chi connectivity index (χ3n) is 6.73. The van der Waals surface area contributed by atoms with Crippen LogP contribution in [0.3, 0.4) is 0 Å². The molecule has 1 N–H and O–H groups in total. The molecule has 2 aliphatic rings. The first-order chi connectivity index (χ1) is 17.5. The van der Waals surface area contributed by atoms with E-state index < -0.39 is 23.6 Å². The van der Waals surface area contributed by atoms with Gasteiger partial charge in [0, 0.05) is 49.8 Å². The van der Waals surface area contributed by atoms with Crippen molar-refractivity contribution in [3.8, 4) is 0 Å². The Morgan fingerprint density at radius 3 is 2.16 bits per heavy atom. The molecule has 202 valence electrons. The van der Waals surface area contributed by atoms with Crippen molar-refractivity contribution in [3.05, 3.63) is 53.9 Å². The van der Waals surface area contributed by atoms with Gasteiger partial charge in [-0.2, -0.15) is 26.3 Å². The molecular formula is C25H28F6N4O2. The van der Waals surface area contributed by atoms with E-state index in [1.807, 2.05) is 4.90 Å². The van der Waals surface area contributed by atoms with E-state index in [1.165, 1.54) is 18.2 Å². The maximum Gasteiger partial charge on any atom is 0.433 e. The first kappa shape index (κ1) is 27.0. The molecule has 1 amide bonds. The SMILES string of the molecule is O=C(CO[C@H]1CC[C@H](Nc2ccnc(C(F)(F)F)c2)CC1)N1CCN(c2ccc(C(F)(F)F)cc2)CC1. The number of nitrogens with one attached hydrogen (secondary N) is 1. The smallest absolute Gasteiger partial charge is 0.382 e. The number of hydrogen-bond donors (Lipinski definition) is 1. The molecule has 1 aliphatic carbocycles. The zero-order valence-corrected chi connectivity index (χ0v) is 20.0. The molecule has 1 aromatic carbocycles. The van der Waals surface area contributed by atoms with Crippen molar-refractivity contribution < 1.29 is 35.9 Å². The topological polar surface area (TPSA) is 57.7 Å². The van der Waals surface area contributed by atoms with Crippen LogP contribution < -0.4 is 10.2 Å². The van der Waals surface area contributed by atoms with Crippen LogP contribution in [0.25, 0.3) is 0 Å². The van der Waals surface area contributed by atoms with Crippen LogP contribution in [0.4, 0.5) is 37.7 Å². The highest BCUT2D eigenvalue weighted by atomic mass is 19.4. The number of amides is 1. The molecule has 12 heteroatoms. The lowest BCUT2D eigenvalue weighted by Crippen LogP contribution is -2.50. The molecule has 1 saturated heterocycles. The Kier molecular flexibility index (Phi) is 8.15. The summed E-state index contributed by atoms with van der Waals surface area (Å²) in [4.78, 5) is 19.6. The second-order valence-corrected chi connectivity index (χ2v) is 9.27. The Hall–Kier alpha value is -3.02. The average Bonchev–Trinajstić information content (AvgIpc) is 2.87. The molecule has 0 bridgehead atoms. The van der Waals surface area contributed by atoms with Gasteiger partial charge in [0.25, 0.3) is 0 Å². The minimum atomic E-state index is -4.50. The van der Waals surface area contributed by atoms with E-state index in [0.717, 1.165) is 24.4 Å². The number of ether oxygens (including phenoxy) is 1. The van der Waals surface area contributed by atoms with Crippen LogP contribution in [0.2, 0.25) is 0 Å². The molecule has 6 nitrogen and oxygen atoms in total. The van der Waals surface area contributed by atoms with E-state index in [0.29, 0.717) is 63.2 Å². The maximum atomic E-state index is 12.9. The van der Waals surface area contributed by atoms with Gasteiger partial charge in [0.15, 0.2) is 0 Å². The molecule has 4 rings (SSSR count). The minimum Gasteiger partial charge on any atom is -0.382 e. The van der Waals surface area contributed by atoms with Gasteiger partial charge in [-0.3, -0.25) is 9.78 Å². The van der Waals surface area contributed by atoms with Gasteiger partial charge in [-0.25, -0.2) is 0 Å². The molecule has 1 saturated carbocycles. The summed E-state index contributed by atoms with van der Waals surface area (Å²) in [6.45, 7) is 1.87. The van der Waals surface area contributed by atoms with Gasteiger partial charge < -0.3 is 19.9 Å². The van der Waals surface area contributed by atoms with Crippen LogP contribution in [0.5, 0.6) is 0 Å². The van der Waals surface area contributed by atoms with Crippen LogP contribution in [0.1, 0.15) is 36.9 Å². The Balaban J connectivity index is 1.16. The predicted molar refractivity (Wildman–Crippen MR) is 125 cm³/mol. The van der Waals surface area contributed by atoms with Gasteiger partial charge in [0.05, 0.1) is 11.7 Å². The first-order valence-electron chi connectivity index (χ1n) is 12.1. The summed E-state index contributed by atoms with van der Waals surface area (Å²) in [5.41, 5.74) is -0.575. The molecule has 1 aliphatic heterocycles. The quantitative estimate of drug-likeness (QED) is 0.520. The van der Waals surface area contributed by atoms with Crippen molar-refractivity contribution in [3.63, 3.8) is 0 Å². The summed E-state index contributed by atoms with van der Waals surface area (Å²) in [5.74, 6) is -0.135. The van der Waals surface area contributed by atoms with E-state index in [-0.39, 0.29) is 24.7 Å². The highest BCUT2D eigenvalue weighted by Gasteiger charge is 2.33. The van der Waals surface area contributed by atoms with E-state index in [1.54, 1.807) is 4.90 Å². The standard InChI is InChI=1S/C25H28F6N4O2/c26-24(27,28)17-1-5-20(6-2-17)34-11-13-35(14-12-34)23(36)16-37-21-7-3-18(4-8-21)33-19-9-10-32-22(15-19)25(29,30)31/h1-2,5-6,9-10,15,18,21H,3-4,7-8,11-14,16H2,(H,32,33)/t18-,21-. The number of carbonyl (C=O) groups excluding carboxylic acids is 1. The summed E-state index contributed by atoms with van der Waals surface area (Å²) >= 11 is 0. The molecule has 0 radical (unpaired) electrons. The van der Waals surface area contributed by atoms with Gasteiger partial charge in [-0.15, -0.1) is 0 Å². The molecule has 2 aromatic rings. The number of halogens is 6. The van der Waals surface area contributed by atoms with Crippen LogP contribution in [0, 0.1) is 0 Å². The Morgan fingerprint density at radius 1 is 0.919 bits per heavy atom. The lowest BCUT2D eigenvalue weighted by atomic mass is 9.92. The van der Waals surface area contributed by atoms with Crippen molar-refractivity contribution >= 4 is 17.3 Å². The van der Waals surface area contributed by atoms with Gasteiger partial charge in [0.1, 0.15) is 12.3 Å². The number of pyridine rings is 1. The molecule has 0 unspecified atom stereocenters. The second kappa shape index (κ2) is 11.2. The fourth-order valence-electron chi connectivity index (χ4n) is 4.64. The van der Waals surface area contributed by atoms with Gasteiger partial charge in [-0.1, -0.05) is 0 Å². The Morgan fingerprint density at radius 2 is 1.57 bits per heavy atom. The summed E-state index contributed by atoms with van der Waals surface area (Å²) in [7, 11) is 0. The number of nitrogens with zero attached hydrogens (tertiary/aromatic N) is 3. The Bertz CT molecular complexity index is 1040. The number of anilines is 2. The third-order valence-corrected chi connectivity index (χ3v) is 6.73. The van der Waals surface area contributed by atoms with E-state index >= 15 is 0 Å². The highest BCUT2D eigenvalue weighted by Crippen LogP contribution is 2.32. The van der Waals surface area contributed by atoms with Crippen LogP contribution in [0.15, 0.2) is 42.6 Å². The fraction of sp³-hybridized carbons (Fsp3) is 0.520. The van der Waals surface area contributed by atoms with E-state index in [4.69, 9.17) is 4.74 Å².